The highest BCUT2D eigenvalue weighted by Crippen LogP contribution is 2.29. The van der Waals surface area contributed by atoms with E-state index in [9.17, 15) is 9.59 Å². The number of nitrogens with zero attached hydrogens (tertiary/aromatic N) is 2. The number of hydrogen-bond acceptors (Lipinski definition) is 7. The average Bonchev–Trinajstić information content (AvgIpc) is 3.12. The highest BCUT2D eigenvalue weighted by molar-refractivity contribution is 8.18. The molecule has 0 unspecified atom stereocenters. The van der Waals surface area contributed by atoms with Gasteiger partial charge in [0.25, 0.3) is 11.1 Å². The van der Waals surface area contributed by atoms with Gasteiger partial charge in [-0.25, -0.2) is 4.98 Å². The molecule has 0 atom stereocenters. The molecule has 2 heterocycles. The van der Waals surface area contributed by atoms with Crippen LogP contribution in [0.3, 0.4) is 0 Å². The Balaban J connectivity index is 1.32. The third-order valence-corrected chi connectivity index (χ3v) is 5.41. The molecule has 1 aliphatic rings. The summed E-state index contributed by atoms with van der Waals surface area (Å²) in [6.45, 7) is 1.05. The molecule has 0 aliphatic carbocycles. The van der Waals surface area contributed by atoms with E-state index in [-0.39, 0.29) is 11.1 Å². The van der Waals surface area contributed by atoms with Gasteiger partial charge in [-0.2, -0.15) is 0 Å². The molecule has 0 radical (unpaired) electrons. The maximum atomic E-state index is 11.6. The van der Waals surface area contributed by atoms with E-state index >= 15 is 0 Å². The van der Waals surface area contributed by atoms with Crippen molar-refractivity contribution in [2.45, 2.75) is 0 Å². The number of thioether (sulfide) groups is 1. The molecule has 3 aromatic rings. The number of amides is 2. The molecule has 4 rings (SSSR count). The second-order valence-electron chi connectivity index (χ2n) is 6.93. The van der Waals surface area contributed by atoms with Crippen LogP contribution in [0.25, 0.3) is 6.08 Å². The van der Waals surface area contributed by atoms with E-state index in [4.69, 9.17) is 9.47 Å². The zero-order valence-corrected chi connectivity index (χ0v) is 18.2. The number of aromatic nitrogens is 1. The van der Waals surface area contributed by atoms with Gasteiger partial charge in [0, 0.05) is 13.2 Å². The molecular weight excluding hydrogens is 426 g/mol. The van der Waals surface area contributed by atoms with Gasteiger partial charge in [0.05, 0.1) is 11.4 Å². The molecule has 1 fully saturated rings. The second-order valence-corrected chi connectivity index (χ2v) is 7.95. The molecule has 0 saturated carbocycles. The molecule has 162 valence electrons. The normalized spacial score (nSPS) is 14.3. The standard InChI is InChI=1S/C24H21N3O4S/c1-27(22-20(8-5-13-25-22)31-19-6-3-2-4-7-19)14-15-30-18-11-9-17(10-12-18)16-21-23(28)26-24(29)32-21/h2-13,16H,14-15H2,1H3,(H,26,28,29)/b21-16-. The van der Waals surface area contributed by atoms with Crippen LogP contribution in [0, 0.1) is 0 Å². The van der Waals surface area contributed by atoms with Crippen LogP contribution in [0.15, 0.2) is 77.8 Å². The lowest BCUT2D eigenvalue weighted by Crippen LogP contribution is -2.25. The minimum Gasteiger partial charge on any atom is -0.492 e. The maximum absolute atomic E-state index is 11.6. The van der Waals surface area contributed by atoms with Crippen LogP contribution < -0.4 is 19.7 Å². The molecule has 1 aliphatic heterocycles. The number of para-hydroxylation sites is 1. The number of carbonyl (C=O) groups is 2. The van der Waals surface area contributed by atoms with Crippen molar-refractivity contribution in [1.29, 1.82) is 0 Å². The summed E-state index contributed by atoms with van der Waals surface area (Å²) in [5, 5.41) is 1.89. The van der Waals surface area contributed by atoms with Crippen molar-refractivity contribution in [3.05, 3.63) is 83.4 Å². The highest BCUT2D eigenvalue weighted by Gasteiger charge is 2.24. The van der Waals surface area contributed by atoms with Crippen LogP contribution in [0.5, 0.6) is 17.2 Å². The molecule has 2 amide bonds. The topological polar surface area (TPSA) is 80.8 Å². The van der Waals surface area contributed by atoms with Crippen molar-refractivity contribution < 1.29 is 19.1 Å². The third kappa shape index (κ3) is 5.47. The number of hydrogen-bond donors (Lipinski definition) is 1. The van der Waals surface area contributed by atoms with Crippen LogP contribution >= 0.6 is 11.8 Å². The molecule has 32 heavy (non-hydrogen) atoms. The lowest BCUT2D eigenvalue weighted by Gasteiger charge is -2.21. The smallest absolute Gasteiger partial charge is 0.290 e. The van der Waals surface area contributed by atoms with Crippen molar-refractivity contribution in [1.82, 2.24) is 10.3 Å². The summed E-state index contributed by atoms with van der Waals surface area (Å²) in [7, 11) is 1.93. The quantitative estimate of drug-likeness (QED) is 0.501. The number of nitrogens with one attached hydrogen (secondary N) is 1. The minimum atomic E-state index is -0.367. The lowest BCUT2D eigenvalue weighted by molar-refractivity contribution is -0.115. The van der Waals surface area contributed by atoms with Crippen molar-refractivity contribution in [2.75, 3.05) is 25.1 Å². The van der Waals surface area contributed by atoms with E-state index in [0.717, 1.165) is 28.9 Å². The van der Waals surface area contributed by atoms with Gasteiger partial charge in [0.2, 0.25) is 0 Å². The number of rotatable bonds is 8. The van der Waals surface area contributed by atoms with E-state index in [2.05, 4.69) is 10.3 Å². The predicted octanol–water partition coefficient (Wildman–Crippen LogP) is 4.71. The number of pyridine rings is 1. The fraction of sp³-hybridized carbons (Fsp3) is 0.125. The van der Waals surface area contributed by atoms with Gasteiger partial charge in [0.15, 0.2) is 11.6 Å². The summed E-state index contributed by atoms with van der Waals surface area (Å²) in [5.74, 6) is 2.49. The number of ether oxygens (including phenoxy) is 2. The fourth-order valence-corrected chi connectivity index (χ4v) is 3.69. The van der Waals surface area contributed by atoms with Crippen molar-refractivity contribution in [3.63, 3.8) is 0 Å². The van der Waals surface area contributed by atoms with Gasteiger partial charge in [-0.3, -0.25) is 14.9 Å². The van der Waals surface area contributed by atoms with E-state index in [1.807, 2.05) is 78.7 Å². The summed E-state index contributed by atoms with van der Waals surface area (Å²) >= 11 is 0.898. The first kappa shape index (κ1) is 21.5. The Hall–Kier alpha value is -3.78. The van der Waals surface area contributed by atoms with E-state index in [1.54, 1.807) is 12.3 Å². The molecule has 1 aromatic heterocycles. The van der Waals surface area contributed by atoms with Crippen LogP contribution in [0.4, 0.5) is 10.6 Å². The van der Waals surface area contributed by atoms with Gasteiger partial charge in [-0.05, 0) is 59.8 Å². The number of likely N-dealkylation sites (N-methyl/N-ethyl adjacent to an activating group) is 1. The summed E-state index contributed by atoms with van der Waals surface area (Å²) in [6, 6.07) is 20.6. The Morgan fingerprint density at radius 2 is 1.78 bits per heavy atom. The molecule has 0 bridgehead atoms. The van der Waals surface area contributed by atoms with Gasteiger partial charge in [-0.15, -0.1) is 0 Å². The fourth-order valence-electron chi connectivity index (χ4n) is 3.00. The van der Waals surface area contributed by atoms with Gasteiger partial charge in [0.1, 0.15) is 18.1 Å². The molecule has 1 saturated heterocycles. The Kier molecular flexibility index (Phi) is 6.72. The molecule has 7 nitrogen and oxygen atoms in total. The zero-order valence-electron chi connectivity index (χ0n) is 17.4. The van der Waals surface area contributed by atoms with Crippen molar-refractivity contribution in [3.8, 4) is 17.2 Å². The van der Waals surface area contributed by atoms with Crippen LogP contribution in [-0.2, 0) is 4.79 Å². The Labute approximate surface area is 190 Å². The monoisotopic (exact) mass is 447 g/mol. The molecule has 8 heteroatoms. The maximum Gasteiger partial charge on any atom is 0.290 e. The number of anilines is 1. The zero-order chi connectivity index (χ0) is 22.3. The van der Waals surface area contributed by atoms with Crippen molar-refractivity contribution >= 4 is 34.8 Å². The summed E-state index contributed by atoms with van der Waals surface area (Å²) < 4.78 is 11.8. The number of imide groups is 1. The Morgan fingerprint density at radius 1 is 1.00 bits per heavy atom. The molecule has 1 N–H and O–H groups in total. The number of carbonyl (C=O) groups excluding carboxylic acids is 2. The van der Waals surface area contributed by atoms with Gasteiger partial charge < -0.3 is 14.4 Å². The summed E-state index contributed by atoms with van der Waals surface area (Å²) in [5.41, 5.74) is 0.818. The lowest BCUT2D eigenvalue weighted by atomic mass is 10.2. The van der Waals surface area contributed by atoms with E-state index in [0.29, 0.717) is 29.6 Å². The largest absolute Gasteiger partial charge is 0.492 e. The SMILES string of the molecule is CN(CCOc1ccc(/C=C2\SC(=O)NC2=O)cc1)c1ncccc1Oc1ccccc1. The van der Waals surface area contributed by atoms with Crippen LogP contribution in [0.2, 0.25) is 0 Å². The van der Waals surface area contributed by atoms with E-state index < -0.39 is 0 Å². The third-order valence-electron chi connectivity index (χ3n) is 4.60. The van der Waals surface area contributed by atoms with Gasteiger partial charge in [-0.1, -0.05) is 30.3 Å². The molecular formula is C24H21N3O4S. The van der Waals surface area contributed by atoms with Crippen LogP contribution in [0.1, 0.15) is 5.56 Å². The van der Waals surface area contributed by atoms with E-state index in [1.165, 1.54) is 0 Å². The number of benzene rings is 2. The summed E-state index contributed by atoms with van der Waals surface area (Å²) in [4.78, 5) is 29.7. The first-order chi connectivity index (χ1) is 15.6. The summed E-state index contributed by atoms with van der Waals surface area (Å²) in [6.07, 6.45) is 3.41. The first-order valence-electron chi connectivity index (χ1n) is 9.95. The van der Waals surface area contributed by atoms with Crippen LogP contribution in [-0.4, -0.2) is 36.3 Å². The highest BCUT2D eigenvalue weighted by atomic mass is 32.2. The van der Waals surface area contributed by atoms with Gasteiger partial charge >= 0.3 is 0 Å². The minimum absolute atomic E-state index is 0.351. The Morgan fingerprint density at radius 3 is 2.50 bits per heavy atom. The predicted molar refractivity (Wildman–Crippen MR) is 125 cm³/mol. The average molecular weight is 448 g/mol. The molecule has 2 aromatic carbocycles. The van der Waals surface area contributed by atoms with Crippen molar-refractivity contribution in [2.24, 2.45) is 0 Å². The second kappa shape index (κ2) is 10.0. The Bertz CT molecular complexity index is 1130. The molecule has 0 spiro atoms. The first-order valence-corrected chi connectivity index (χ1v) is 10.8.